The SMILES string of the molecule is CC(C)OCC(=O)Nc1cccc(CO/N=C(\C(=N)N(C)N)c2ccccc2)n1. The monoisotopic (exact) mass is 398 g/mol. The zero-order valence-corrected chi connectivity index (χ0v) is 16.8. The molecule has 1 aromatic carbocycles. The second-order valence-corrected chi connectivity index (χ2v) is 6.46. The van der Waals surface area contributed by atoms with E-state index in [4.69, 9.17) is 20.8 Å². The van der Waals surface area contributed by atoms with E-state index in [0.29, 0.717) is 22.8 Å². The van der Waals surface area contributed by atoms with Crippen molar-refractivity contribution in [3.63, 3.8) is 0 Å². The molecule has 0 aliphatic heterocycles. The van der Waals surface area contributed by atoms with Gasteiger partial charge in [-0.15, -0.1) is 0 Å². The number of pyridine rings is 1. The van der Waals surface area contributed by atoms with Crippen molar-refractivity contribution in [3.8, 4) is 0 Å². The van der Waals surface area contributed by atoms with Crippen molar-refractivity contribution >= 4 is 23.3 Å². The molecule has 1 heterocycles. The highest BCUT2D eigenvalue weighted by Crippen LogP contribution is 2.08. The molecule has 9 heteroatoms. The molecule has 1 aromatic heterocycles. The first kappa shape index (κ1) is 22.0. The van der Waals surface area contributed by atoms with Crippen LogP contribution in [0.25, 0.3) is 0 Å². The summed E-state index contributed by atoms with van der Waals surface area (Å²) in [6, 6.07) is 14.3. The number of carbonyl (C=O) groups is 1. The van der Waals surface area contributed by atoms with Gasteiger partial charge in [0.25, 0.3) is 5.91 Å². The molecule has 0 saturated carbocycles. The van der Waals surface area contributed by atoms with Gasteiger partial charge in [0, 0.05) is 12.6 Å². The number of oxime groups is 1. The average molecular weight is 398 g/mol. The maximum atomic E-state index is 11.9. The van der Waals surface area contributed by atoms with Gasteiger partial charge >= 0.3 is 0 Å². The van der Waals surface area contributed by atoms with Crippen LogP contribution in [0.15, 0.2) is 53.7 Å². The van der Waals surface area contributed by atoms with Crippen molar-refractivity contribution in [2.24, 2.45) is 11.0 Å². The summed E-state index contributed by atoms with van der Waals surface area (Å²) in [5, 5.41) is 16.0. The topological polar surface area (TPSA) is 126 Å². The Bertz CT molecular complexity index is 852. The average Bonchev–Trinajstić information content (AvgIpc) is 2.70. The van der Waals surface area contributed by atoms with E-state index in [1.807, 2.05) is 44.2 Å². The molecule has 4 N–H and O–H groups in total. The van der Waals surface area contributed by atoms with Gasteiger partial charge in [0.1, 0.15) is 12.4 Å². The van der Waals surface area contributed by atoms with E-state index in [1.54, 1.807) is 25.2 Å². The quantitative estimate of drug-likeness (QED) is 0.257. The first-order valence-corrected chi connectivity index (χ1v) is 9.07. The Labute approximate surface area is 170 Å². The summed E-state index contributed by atoms with van der Waals surface area (Å²) in [7, 11) is 1.55. The number of hydrogen-bond acceptors (Lipinski definition) is 7. The van der Waals surface area contributed by atoms with Gasteiger partial charge in [0.05, 0.1) is 11.8 Å². The number of ether oxygens (including phenoxy) is 1. The Kier molecular flexibility index (Phi) is 8.26. The lowest BCUT2D eigenvalue weighted by molar-refractivity contribution is -0.121. The maximum Gasteiger partial charge on any atom is 0.251 e. The lowest BCUT2D eigenvalue weighted by Gasteiger charge is -2.15. The highest BCUT2D eigenvalue weighted by molar-refractivity contribution is 6.46. The van der Waals surface area contributed by atoms with E-state index >= 15 is 0 Å². The smallest absolute Gasteiger partial charge is 0.251 e. The molecular formula is C20H26N6O3. The van der Waals surface area contributed by atoms with Crippen molar-refractivity contribution < 1.29 is 14.4 Å². The van der Waals surface area contributed by atoms with E-state index in [9.17, 15) is 4.79 Å². The summed E-state index contributed by atoms with van der Waals surface area (Å²) in [6.07, 6.45) is -0.0311. The molecule has 0 saturated heterocycles. The number of amides is 1. The number of aromatic nitrogens is 1. The van der Waals surface area contributed by atoms with Gasteiger partial charge in [-0.1, -0.05) is 41.6 Å². The van der Waals surface area contributed by atoms with Crippen LogP contribution in [-0.4, -0.2) is 47.2 Å². The standard InChI is InChI=1S/C20H26N6O3/c1-14(2)28-13-18(27)24-17-11-7-10-16(23-17)12-29-25-19(20(21)26(3)22)15-8-5-4-6-9-15/h4-11,14,21H,12-13,22H2,1-3H3,(H,23,24,27)/b21-20?,25-19-. The molecule has 0 aliphatic rings. The molecule has 154 valence electrons. The Morgan fingerprint density at radius 2 is 1.97 bits per heavy atom. The first-order chi connectivity index (χ1) is 13.9. The van der Waals surface area contributed by atoms with Gasteiger partial charge in [-0.25, -0.2) is 10.8 Å². The molecule has 0 spiro atoms. The van der Waals surface area contributed by atoms with Gasteiger partial charge in [-0.05, 0) is 26.0 Å². The van der Waals surface area contributed by atoms with E-state index in [1.165, 1.54) is 0 Å². The number of nitrogens with one attached hydrogen (secondary N) is 2. The third-order valence-electron chi connectivity index (χ3n) is 3.61. The molecule has 0 unspecified atom stereocenters. The molecule has 2 aromatic rings. The van der Waals surface area contributed by atoms with E-state index in [-0.39, 0.29) is 31.1 Å². The van der Waals surface area contributed by atoms with Crippen LogP contribution >= 0.6 is 0 Å². The molecule has 0 fully saturated rings. The van der Waals surface area contributed by atoms with Crippen LogP contribution in [0.2, 0.25) is 0 Å². The van der Waals surface area contributed by atoms with Crippen molar-refractivity contribution in [2.45, 2.75) is 26.6 Å². The van der Waals surface area contributed by atoms with Crippen molar-refractivity contribution in [2.75, 3.05) is 19.0 Å². The third-order valence-corrected chi connectivity index (χ3v) is 3.61. The second-order valence-electron chi connectivity index (χ2n) is 6.46. The third kappa shape index (κ3) is 7.32. The van der Waals surface area contributed by atoms with Gasteiger partial charge in [-0.3, -0.25) is 15.2 Å². The van der Waals surface area contributed by atoms with E-state index in [0.717, 1.165) is 5.01 Å². The fourth-order valence-corrected chi connectivity index (χ4v) is 2.21. The fourth-order valence-electron chi connectivity index (χ4n) is 2.21. The Morgan fingerprint density at radius 1 is 1.24 bits per heavy atom. The van der Waals surface area contributed by atoms with Crippen LogP contribution < -0.4 is 11.2 Å². The Morgan fingerprint density at radius 3 is 2.62 bits per heavy atom. The van der Waals surface area contributed by atoms with Gasteiger partial charge in [-0.2, -0.15) is 0 Å². The van der Waals surface area contributed by atoms with Crippen LogP contribution in [0.4, 0.5) is 5.82 Å². The molecule has 29 heavy (non-hydrogen) atoms. The lowest BCUT2D eigenvalue weighted by atomic mass is 10.1. The van der Waals surface area contributed by atoms with E-state index < -0.39 is 0 Å². The minimum Gasteiger partial charge on any atom is -0.389 e. The van der Waals surface area contributed by atoms with Gasteiger partial charge in [0.2, 0.25) is 0 Å². The molecule has 0 radical (unpaired) electrons. The molecule has 1 amide bonds. The Hall–Kier alpha value is -3.30. The van der Waals surface area contributed by atoms with Gasteiger partial charge < -0.3 is 14.9 Å². The van der Waals surface area contributed by atoms with Crippen molar-refractivity contribution in [3.05, 3.63) is 59.8 Å². The summed E-state index contributed by atoms with van der Waals surface area (Å²) >= 11 is 0. The summed E-state index contributed by atoms with van der Waals surface area (Å²) in [6.45, 7) is 3.73. The molecule has 0 atom stereocenters. The number of hydrogen-bond donors (Lipinski definition) is 3. The molecule has 2 rings (SSSR count). The lowest BCUT2D eigenvalue weighted by Crippen LogP contribution is -2.38. The minimum absolute atomic E-state index is 0.00956. The second kappa shape index (κ2) is 10.9. The predicted molar refractivity (Wildman–Crippen MR) is 111 cm³/mol. The molecular weight excluding hydrogens is 372 g/mol. The van der Waals surface area contributed by atoms with E-state index in [2.05, 4.69) is 15.5 Å². The number of benzene rings is 1. The minimum atomic E-state index is -0.284. The van der Waals surface area contributed by atoms with Crippen LogP contribution in [0.3, 0.4) is 0 Å². The largest absolute Gasteiger partial charge is 0.389 e. The first-order valence-electron chi connectivity index (χ1n) is 9.07. The van der Waals surface area contributed by atoms with Crippen molar-refractivity contribution in [1.29, 1.82) is 5.41 Å². The number of nitrogens with two attached hydrogens (primary N) is 1. The number of nitrogens with zero attached hydrogens (tertiary/aromatic N) is 3. The van der Waals surface area contributed by atoms with Crippen LogP contribution in [0.1, 0.15) is 25.1 Å². The number of rotatable bonds is 9. The molecule has 0 bridgehead atoms. The summed E-state index contributed by atoms with van der Waals surface area (Å²) < 4.78 is 5.26. The number of amidine groups is 1. The zero-order chi connectivity index (χ0) is 21.2. The number of carbonyl (C=O) groups excluding carboxylic acids is 1. The predicted octanol–water partition coefficient (Wildman–Crippen LogP) is 2.15. The molecule has 9 nitrogen and oxygen atoms in total. The normalized spacial score (nSPS) is 11.3. The summed E-state index contributed by atoms with van der Waals surface area (Å²) in [5.74, 6) is 5.80. The Balaban J connectivity index is 2.04. The van der Waals surface area contributed by atoms with Crippen LogP contribution in [0, 0.1) is 5.41 Å². The van der Waals surface area contributed by atoms with Gasteiger partial charge in [0.15, 0.2) is 18.2 Å². The number of anilines is 1. The maximum absolute atomic E-state index is 11.9. The number of likely N-dealkylation sites (N-methyl/N-ethyl adjacent to an activating group) is 1. The highest BCUT2D eigenvalue weighted by Gasteiger charge is 2.13. The fraction of sp³-hybridized carbons (Fsp3) is 0.300. The highest BCUT2D eigenvalue weighted by atomic mass is 16.6. The molecule has 0 aliphatic carbocycles. The number of hydrazine groups is 1. The zero-order valence-electron chi connectivity index (χ0n) is 16.8. The van der Waals surface area contributed by atoms with Crippen LogP contribution in [0.5, 0.6) is 0 Å². The summed E-state index contributed by atoms with van der Waals surface area (Å²) in [5.41, 5.74) is 1.57. The van der Waals surface area contributed by atoms with Crippen molar-refractivity contribution in [1.82, 2.24) is 9.99 Å². The summed E-state index contributed by atoms with van der Waals surface area (Å²) in [4.78, 5) is 21.6. The van der Waals surface area contributed by atoms with Crippen LogP contribution in [-0.2, 0) is 21.0 Å².